The highest BCUT2D eigenvalue weighted by Gasteiger charge is 2.11. The molecular formula is C26H16BrClN2O2. The molecule has 3 aromatic carbocycles. The SMILES string of the molecule is O=c1c2ccccc2nc(/C=C\c2ccc(-c3ccc(Br)cc3)o2)n1-c1ccc(Cl)cc1. The molecule has 0 fully saturated rings. The van der Waals surface area contributed by atoms with Crippen molar-refractivity contribution in [1.29, 1.82) is 0 Å². The maximum atomic E-state index is 13.3. The Hall–Kier alpha value is -3.41. The molecular weight excluding hydrogens is 488 g/mol. The second-order valence-electron chi connectivity index (χ2n) is 7.15. The van der Waals surface area contributed by atoms with Crippen molar-refractivity contribution in [1.82, 2.24) is 9.55 Å². The Morgan fingerprint density at radius 2 is 1.62 bits per heavy atom. The fraction of sp³-hybridized carbons (Fsp3) is 0. The van der Waals surface area contributed by atoms with Gasteiger partial charge in [-0.05, 0) is 72.8 Å². The minimum atomic E-state index is -0.146. The summed E-state index contributed by atoms with van der Waals surface area (Å²) < 4.78 is 8.56. The first-order chi connectivity index (χ1) is 15.6. The van der Waals surface area contributed by atoms with Gasteiger partial charge in [-0.25, -0.2) is 4.98 Å². The molecule has 0 bridgehead atoms. The number of furan rings is 1. The summed E-state index contributed by atoms with van der Waals surface area (Å²) in [5.74, 6) is 1.92. The quantitative estimate of drug-likeness (QED) is 0.260. The van der Waals surface area contributed by atoms with Crippen LogP contribution in [0.25, 0.3) is 40.1 Å². The van der Waals surface area contributed by atoms with E-state index >= 15 is 0 Å². The van der Waals surface area contributed by atoms with Crippen molar-refractivity contribution in [2.45, 2.75) is 0 Å². The lowest BCUT2D eigenvalue weighted by Crippen LogP contribution is -2.22. The number of benzene rings is 3. The van der Waals surface area contributed by atoms with Crippen LogP contribution in [0.1, 0.15) is 11.6 Å². The van der Waals surface area contributed by atoms with Crippen molar-refractivity contribution < 1.29 is 4.42 Å². The Kier molecular flexibility index (Phi) is 5.52. The third kappa shape index (κ3) is 4.05. The normalized spacial score (nSPS) is 11.4. The second-order valence-corrected chi connectivity index (χ2v) is 8.50. The summed E-state index contributed by atoms with van der Waals surface area (Å²) >= 11 is 9.49. The molecule has 6 heteroatoms. The Morgan fingerprint density at radius 1 is 0.875 bits per heavy atom. The molecule has 0 amide bonds. The van der Waals surface area contributed by atoms with Crippen molar-refractivity contribution in [3.05, 3.63) is 116 Å². The fourth-order valence-electron chi connectivity index (χ4n) is 3.47. The highest BCUT2D eigenvalue weighted by molar-refractivity contribution is 9.10. The average molecular weight is 504 g/mol. The standard InChI is InChI=1S/C26H16BrClN2O2/c27-18-7-5-17(6-8-18)24-15-13-21(32-24)14-16-25-29-23-4-2-1-3-22(23)26(31)30(25)20-11-9-19(28)10-12-20/h1-16H/b16-14-. The Labute approximate surface area is 197 Å². The number of hydrogen-bond donors (Lipinski definition) is 0. The van der Waals surface area contributed by atoms with E-state index in [1.54, 1.807) is 41.0 Å². The molecule has 5 aromatic rings. The molecule has 0 aliphatic carbocycles. The molecule has 0 N–H and O–H groups in total. The molecule has 0 radical (unpaired) electrons. The van der Waals surface area contributed by atoms with Crippen molar-refractivity contribution in [2.24, 2.45) is 0 Å². The average Bonchev–Trinajstić information content (AvgIpc) is 3.28. The predicted molar refractivity (Wildman–Crippen MR) is 133 cm³/mol. The van der Waals surface area contributed by atoms with Gasteiger partial charge in [-0.1, -0.05) is 51.8 Å². The van der Waals surface area contributed by atoms with Gasteiger partial charge in [0.25, 0.3) is 5.56 Å². The third-order valence-electron chi connectivity index (χ3n) is 5.04. The van der Waals surface area contributed by atoms with Crippen LogP contribution in [0.4, 0.5) is 0 Å². The number of halogens is 2. The van der Waals surface area contributed by atoms with E-state index in [-0.39, 0.29) is 5.56 Å². The van der Waals surface area contributed by atoms with Crippen LogP contribution in [0.5, 0.6) is 0 Å². The first-order valence-corrected chi connectivity index (χ1v) is 11.1. The topological polar surface area (TPSA) is 48.0 Å². The number of fused-ring (bicyclic) bond motifs is 1. The first-order valence-electron chi connectivity index (χ1n) is 9.90. The van der Waals surface area contributed by atoms with Gasteiger partial charge < -0.3 is 4.42 Å². The molecule has 156 valence electrons. The second kappa shape index (κ2) is 8.61. The van der Waals surface area contributed by atoms with Crippen LogP contribution >= 0.6 is 27.5 Å². The van der Waals surface area contributed by atoms with Crippen LogP contribution in [-0.4, -0.2) is 9.55 Å². The van der Waals surface area contributed by atoms with Crippen LogP contribution in [0.15, 0.2) is 98.6 Å². The molecule has 5 rings (SSSR count). The van der Waals surface area contributed by atoms with E-state index in [2.05, 4.69) is 15.9 Å². The molecule has 0 aliphatic heterocycles. The maximum absolute atomic E-state index is 13.3. The van der Waals surface area contributed by atoms with E-state index in [9.17, 15) is 4.79 Å². The largest absolute Gasteiger partial charge is 0.457 e. The summed E-state index contributed by atoms with van der Waals surface area (Å²) in [7, 11) is 0. The van der Waals surface area contributed by atoms with Gasteiger partial charge in [0.05, 0.1) is 16.6 Å². The molecule has 0 unspecified atom stereocenters. The Bertz CT molecular complexity index is 1500. The van der Waals surface area contributed by atoms with Gasteiger partial charge in [0.2, 0.25) is 0 Å². The molecule has 4 nitrogen and oxygen atoms in total. The molecule has 0 aliphatic rings. The van der Waals surface area contributed by atoms with E-state index in [4.69, 9.17) is 21.0 Å². The van der Waals surface area contributed by atoms with Gasteiger partial charge in [0.15, 0.2) is 0 Å². The zero-order valence-corrected chi connectivity index (χ0v) is 19.0. The van der Waals surface area contributed by atoms with Gasteiger partial charge in [0, 0.05) is 15.1 Å². The predicted octanol–water partition coefficient (Wildman–Crippen LogP) is 7.23. The number of aromatic nitrogens is 2. The Balaban J connectivity index is 1.58. The van der Waals surface area contributed by atoms with E-state index in [1.165, 1.54) is 0 Å². The van der Waals surface area contributed by atoms with E-state index < -0.39 is 0 Å². The lowest BCUT2D eigenvalue weighted by Gasteiger charge is -2.11. The fourth-order valence-corrected chi connectivity index (χ4v) is 3.86. The lowest BCUT2D eigenvalue weighted by molar-refractivity contribution is 0.572. The van der Waals surface area contributed by atoms with E-state index in [0.717, 1.165) is 15.8 Å². The van der Waals surface area contributed by atoms with Gasteiger partial charge in [-0.15, -0.1) is 0 Å². The number of nitrogens with zero attached hydrogens (tertiary/aromatic N) is 2. The van der Waals surface area contributed by atoms with Gasteiger partial charge >= 0.3 is 0 Å². The molecule has 0 saturated carbocycles. The summed E-state index contributed by atoms with van der Waals surface area (Å²) in [5, 5.41) is 1.15. The minimum absolute atomic E-state index is 0.146. The highest BCUT2D eigenvalue weighted by Crippen LogP contribution is 2.25. The number of rotatable bonds is 4. The zero-order chi connectivity index (χ0) is 22.1. The first kappa shape index (κ1) is 20.5. The minimum Gasteiger partial charge on any atom is -0.457 e. The Morgan fingerprint density at radius 3 is 2.41 bits per heavy atom. The molecule has 32 heavy (non-hydrogen) atoms. The van der Waals surface area contributed by atoms with Crippen molar-refractivity contribution in [3.63, 3.8) is 0 Å². The summed E-state index contributed by atoms with van der Waals surface area (Å²) in [5.41, 5.74) is 2.16. The van der Waals surface area contributed by atoms with Crippen molar-refractivity contribution >= 4 is 50.6 Å². The smallest absolute Gasteiger partial charge is 0.266 e. The molecule has 0 saturated heterocycles. The van der Waals surface area contributed by atoms with Crippen LogP contribution in [-0.2, 0) is 0 Å². The van der Waals surface area contributed by atoms with Crippen LogP contribution in [0, 0.1) is 0 Å². The number of hydrogen-bond acceptors (Lipinski definition) is 3. The van der Waals surface area contributed by atoms with Gasteiger partial charge in [-0.2, -0.15) is 0 Å². The van der Waals surface area contributed by atoms with Gasteiger partial charge in [-0.3, -0.25) is 9.36 Å². The molecule has 2 heterocycles. The van der Waals surface area contributed by atoms with Crippen LogP contribution < -0.4 is 5.56 Å². The van der Waals surface area contributed by atoms with Crippen LogP contribution in [0.3, 0.4) is 0 Å². The summed E-state index contributed by atoms with van der Waals surface area (Å²) in [6.45, 7) is 0. The monoisotopic (exact) mass is 502 g/mol. The van der Waals surface area contributed by atoms with Crippen molar-refractivity contribution in [3.8, 4) is 17.0 Å². The van der Waals surface area contributed by atoms with Crippen molar-refractivity contribution in [2.75, 3.05) is 0 Å². The number of para-hydroxylation sites is 1. The molecule has 0 atom stereocenters. The molecule has 2 aromatic heterocycles. The summed E-state index contributed by atoms with van der Waals surface area (Å²) in [6.07, 6.45) is 3.60. The van der Waals surface area contributed by atoms with E-state index in [0.29, 0.717) is 33.2 Å². The van der Waals surface area contributed by atoms with Crippen LogP contribution in [0.2, 0.25) is 5.02 Å². The summed E-state index contributed by atoms with van der Waals surface area (Å²) in [4.78, 5) is 18.0. The third-order valence-corrected chi connectivity index (χ3v) is 5.82. The maximum Gasteiger partial charge on any atom is 0.266 e. The zero-order valence-electron chi connectivity index (χ0n) is 16.7. The van der Waals surface area contributed by atoms with E-state index in [1.807, 2.05) is 60.7 Å². The van der Waals surface area contributed by atoms with Gasteiger partial charge in [0.1, 0.15) is 17.3 Å². The highest BCUT2D eigenvalue weighted by atomic mass is 79.9. The lowest BCUT2D eigenvalue weighted by atomic mass is 10.2. The summed E-state index contributed by atoms with van der Waals surface area (Å²) in [6, 6.07) is 26.1. The molecule has 0 spiro atoms.